The van der Waals surface area contributed by atoms with Crippen molar-refractivity contribution in [3.8, 4) is 0 Å². The van der Waals surface area contributed by atoms with Crippen LogP contribution in [0.15, 0.2) is 0 Å². The van der Waals surface area contributed by atoms with Crippen LogP contribution in [0.3, 0.4) is 0 Å². The van der Waals surface area contributed by atoms with E-state index in [1.807, 2.05) is 11.8 Å². The molecule has 15 heavy (non-hydrogen) atoms. The van der Waals surface area contributed by atoms with Crippen molar-refractivity contribution >= 4 is 5.91 Å². The highest BCUT2D eigenvalue weighted by Gasteiger charge is 2.57. The van der Waals surface area contributed by atoms with E-state index in [4.69, 9.17) is 5.73 Å². The third-order valence-electron chi connectivity index (χ3n) is 4.36. The summed E-state index contributed by atoms with van der Waals surface area (Å²) in [7, 11) is 0. The van der Waals surface area contributed by atoms with Gasteiger partial charge in [-0.25, -0.2) is 0 Å². The van der Waals surface area contributed by atoms with E-state index >= 15 is 0 Å². The zero-order chi connectivity index (χ0) is 10.6. The molecule has 1 saturated heterocycles. The number of likely N-dealkylation sites (tertiary alicyclic amines) is 1. The lowest BCUT2D eigenvalue weighted by atomic mass is 9.93. The number of nitrogens with two attached hydrogens (primary N) is 1. The number of carbonyl (C=O) groups is 1. The van der Waals surface area contributed by atoms with Crippen molar-refractivity contribution in [2.75, 3.05) is 13.1 Å². The minimum Gasteiger partial charge on any atom is -0.339 e. The topological polar surface area (TPSA) is 46.3 Å². The highest BCUT2D eigenvalue weighted by molar-refractivity contribution is 5.83. The van der Waals surface area contributed by atoms with E-state index in [1.54, 1.807) is 0 Å². The monoisotopic (exact) mass is 208 g/mol. The van der Waals surface area contributed by atoms with Crippen molar-refractivity contribution in [3.05, 3.63) is 0 Å². The molecule has 3 nitrogen and oxygen atoms in total. The van der Waals surface area contributed by atoms with Gasteiger partial charge in [-0.05, 0) is 31.6 Å². The fourth-order valence-corrected chi connectivity index (χ4v) is 3.55. The summed E-state index contributed by atoms with van der Waals surface area (Å²) in [6.45, 7) is 3.56. The molecule has 3 heteroatoms. The van der Waals surface area contributed by atoms with Gasteiger partial charge in [-0.15, -0.1) is 0 Å². The van der Waals surface area contributed by atoms with Gasteiger partial charge in [0.1, 0.15) is 0 Å². The average molecular weight is 208 g/mol. The predicted octanol–water partition coefficient (Wildman–Crippen LogP) is 0.982. The molecule has 2 atom stereocenters. The first-order chi connectivity index (χ1) is 7.08. The molecule has 84 valence electrons. The molecule has 3 aliphatic rings. The van der Waals surface area contributed by atoms with Gasteiger partial charge in [-0.2, -0.15) is 0 Å². The van der Waals surface area contributed by atoms with Gasteiger partial charge >= 0.3 is 0 Å². The van der Waals surface area contributed by atoms with Crippen LogP contribution in [0.1, 0.15) is 32.6 Å². The second-order valence-corrected chi connectivity index (χ2v) is 5.99. The summed E-state index contributed by atoms with van der Waals surface area (Å²) >= 11 is 0. The van der Waals surface area contributed by atoms with Crippen LogP contribution in [0, 0.1) is 17.8 Å². The van der Waals surface area contributed by atoms with Gasteiger partial charge < -0.3 is 10.6 Å². The summed E-state index contributed by atoms with van der Waals surface area (Å²) in [5.41, 5.74) is 5.81. The van der Waals surface area contributed by atoms with Crippen LogP contribution >= 0.6 is 0 Å². The van der Waals surface area contributed by atoms with Gasteiger partial charge in [-0.1, -0.05) is 12.8 Å². The molecule has 3 rings (SSSR count). The molecule has 0 bridgehead atoms. The van der Waals surface area contributed by atoms with Crippen molar-refractivity contribution < 1.29 is 4.79 Å². The van der Waals surface area contributed by atoms with E-state index in [0.29, 0.717) is 11.8 Å². The Hall–Kier alpha value is -0.570. The second kappa shape index (κ2) is 2.97. The Balaban J connectivity index is 1.59. The first-order valence-electron chi connectivity index (χ1n) is 6.16. The van der Waals surface area contributed by atoms with E-state index < -0.39 is 0 Å². The van der Waals surface area contributed by atoms with Gasteiger partial charge in [0, 0.05) is 24.5 Å². The Morgan fingerprint density at radius 3 is 2.27 bits per heavy atom. The molecule has 2 N–H and O–H groups in total. The van der Waals surface area contributed by atoms with Gasteiger partial charge in [0.2, 0.25) is 5.91 Å². The van der Waals surface area contributed by atoms with Crippen molar-refractivity contribution in [2.45, 2.75) is 38.1 Å². The largest absolute Gasteiger partial charge is 0.339 e. The molecule has 1 aliphatic heterocycles. The summed E-state index contributed by atoms with van der Waals surface area (Å²) in [6.07, 6.45) is 5.24. The molecule has 1 heterocycles. The SMILES string of the molecule is CC1(N)CN(C(=O)C2C3CCCCC32)C1. The Bertz CT molecular complexity index is 280. The van der Waals surface area contributed by atoms with Crippen molar-refractivity contribution in [1.82, 2.24) is 4.90 Å². The molecule has 0 aromatic heterocycles. The van der Waals surface area contributed by atoms with Crippen LogP contribution in [0.4, 0.5) is 0 Å². The number of carbonyl (C=O) groups excluding carboxylic acids is 1. The smallest absolute Gasteiger partial charge is 0.226 e. The minimum absolute atomic E-state index is 0.115. The maximum absolute atomic E-state index is 12.1. The predicted molar refractivity (Wildman–Crippen MR) is 58.1 cm³/mol. The molecule has 0 spiro atoms. The normalized spacial score (nSPS) is 41.7. The zero-order valence-corrected chi connectivity index (χ0v) is 9.41. The van der Waals surface area contributed by atoms with Crippen LogP contribution in [0.2, 0.25) is 0 Å². The summed E-state index contributed by atoms with van der Waals surface area (Å²) in [5, 5.41) is 0. The van der Waals surface area contributed by atoms with Crippen molar-refractivity contribution in [2.24, 2.45) is 23.5 Å². The van der Waals surface area contributed by atoms with Crippen molar-refractivity contribution in [3.63, 3.8) is 0 Å². The number of fused-ring (bicyclic) bond motifs is 1. The molecule has 0 aromatic carbocycles. The van der Waals surface area contributed by atoms with Crippen molar-refractivity contribution in [1.29, 1.82) is 0 Å². The Morgan fingerprint density at radius 1 is 1.27 bits per heavy atom. The number of nitrogens with zero attached hydrogens (tertiary/aromatic N) is 1. The van der Waals surface area contributed by atoms with Gasteiger partial charge in [0.25, 0.3) is 0 Å². The second-order valence-electron chi connectivity index (χ2n) is 5.99. The molecular formula is C12H20N2O. The Kier molecular flexibility index (Phi) is 1.91. The molecule has 2 unspecified atom stereocenters. The third-order valence-corrected chi connectivity index (χ3v) is 4.36. The van der Waals surface area contributed by atoms with Crippen LogP contribution in [-0.4, -0.2) is 29.4 Å². The quantitative estimate of drug-likeness (QED) is 0.698. The van der Waals surface area contributed by atoms with Crippen LogP contribution in [-0.2, 0) is 4.79 Å². The first-order valence-corrected chi connectivity index (χ1v) is 6.16. The Morgan fingerprint density at radius 2 is 1.80 bits per heavy atom. The number of amides is 1. The molecule has 2 saturated carbocycles. The van der Waals surface area contributed by atoms with Gasteiger partial charge in [0.15, 0.2) is 0 Å². The zero-order valence-electron chi connectivity index (χ0n) is 9.41. The first kappa shape index (κ1) is 9.64. The molecule has 2 aliphatic carbocycles. The van der Waals surface area contributed by atoms with Crippen LogP contribution < -0.4 is 5.73 Å². The van der Waals surface area contributed by atoms with E-state index in [2.05, 4.69) is 0 Å². The molecule has 1 amide bonds. The summed E-state index contributed by atoms with van der Waals surface area (Å²) < 4.78 is 0. The molecule has 0 radical (unpaired) electrons. The lowest BCUT2D eigenvalue weighted by Gasteiger charge is -2.45. The van der Waals surface area contributed by atoms with Gasteiger partial charge in [0.05, 0.1) is 0 Å². The summed E-state index contributed by atoms with van der Waals surface area (Å²) in [6, 6.07) is 0. The highest BCUT2D eigenvalue weighted by atomic mass is 16.2. The Labute approximate surface area is 91.0 Å². The fraction of sp³-hybridized carbons (Fsp3) is 0.917. The lowest BCUT2D eigenvalue weighted by Crippen LogP contribution is -2.67. The number of hydrogen-bond acceptors (Lipinski definition) is 2. The number of hydrogen-bond donors (Lipinski definition) is 1. The average Bonchev–Trinajstić information content (AvgIpc) is 2.87. The standard InChI is InChI=1S/C12H20N2O/c1-12(13)6-14(7-12)11(15)10-8-4-2-3-5-9(8)10/h8-10H,2-7,13H2,1H3. The lowest BCUT2D eigenvalue weighted by molar-refractivity contribution is -0.140. The summed E-state index contributed by atoms with van der Waals surface area (Å²) in [4.78, 5) is 14.1. The van der Waals surface area contributed by atoms with E-state index in [1.165, 1.54) is 25.7 Å². The molecule has 0 aromatic rings. The maximum Gasteiger partial charge on any atom is 0.226 e. The van der Waals surface area contributed by atoms with E-state index in [-0.39, 0.29) is 5.54 Å². The van der Waals surface area contributed by atoms with E-state index in [9.17, 15) is 4.79 Å². The van der Waals surface area contributed by atoms with Crippen LogP contribution in [0.25, 0.3) is 0 Å². The number of rotatable bonds is 1. The highest BCUT2D eigenvalue weighted by Crippen LogP contribution is 2.56. The third kappa shape index (κ3) is 1.48. The van der Waals surface area contributed by atoms with E-state index in [0.717, 1.165) is 24.9 Å². The molecule has 3 fully saturated rings. The van der Waals surface area contributed by atoms with Gasteiger partial charge in [-0.3, -0.25) is 4.79 Å². The maximum atomic E-state index is 12.1. The minimum atomic E-state index is -0.115. The molecular weight excluding hydrogens is 188 g/mol. The summed E-state index contributed by atoms with van der Waals surface area (Å²) in [5.74, 6) is 2.24. The van der Waals surface area contributed by atoms with Crippen LogP contribution in [0.5, 0.6) is 0 Å². The fourth-order valence-electron chi connectivity index (χ4n) is 3.55.